The monoisotopic (exact) mass is 476 g/mol. The minimum absolute atomic E-state index is 0.0594. The van der Waals surface area contributed by atoms with E-state index in [0.717, 1.165) is 11.1 Å². The molecule has 0 amide bonds. The predicted octanol–water partition coefficient (Wildman–Crippen LogP) is 4.83. The van der Waals surface area contributed by atoms with Crippen molar-refractivity contribution in [3.8, 4) is 0 Å². The number of rotatable bonds is 15. The lowest BCUT2D eigenvalue weighted by atomic mass is 9.92. The molecule has 7 nitrogen and oxygen atoms in total. The van der Waals surface area contributed by atoms with Gasteiger partial charge in [0.2, 0.25) is 0 Å². The van der Waals surface area contributed by atoms with Crippen LogP contribution in [-0.4, -0.2) is 44.2 Å². The molecule has 2 rings (SSSR count). The first-order valence-electron chi connectivity index (χ1n) is 10.9. The lowest BCUT2D eigenvalue weighted by molar-refractivity contribution is -0.153. The van der Waals surface area contributed by atoms with E-state index in [4.69, 9.17) is 18.5 Å². The second-order valence-corrected chi connectivity index (χ2v) is 9.96. The third-order valence-corrected chi connectivity index (χ3v) is 7.24. The Kier molecular flexibility index (Phi) is 11.1. The number of hydrogen-bond donors (Lipinski definition) is 0. The van der Waals surface area contributed by atoms with Crippen LogP contribution in [0.4, 0.5) is 0 Å². The highest BCUT2D eigenvalue weighted by Gasteiger charge is 2.40. The minimum atomic E-state index is -3.63. The molecule has 0 aliphatic heterocycles. The van der Waals surface area contributed by atoms with E-state index in [1.165, 1.54) is 14.2 Å². The smallest absolute Gasteiger partial charge is 0.337 e. The maximum Gasteiger partial charge on any atom is 0.337 e. The number of carbonyl (C=O) groups is 2. The van der Waals surface area contributed by atoms with Crippen molar-refractivity contribution in [3.63, 3.8) is 0 Å². The normalized spacial score (nSPS) is 14.4. The molecule has 0 saturated carbocycles. The molecule has 0 fully saturated rings. The zero-order valence-corrected chi connectivity index (χ0v) is 20.5. The molecule has 0 N–H and O–H groups in total. The maximum absolute atomic E-state index is 13.3. The standard InChI is InChI=1S/C25H33O7P/c1-5-22(26)19(2)24(31-16-20-12-8-6-9-13-20)25(23(27)18-33(28,29-3)30-4)32-17-21-14-10-7-11-15-21/h6-15,19,24-25H,5,16-18H2,1-4H3/t19-,24+,25+/m1/s1. The van der Waals surface area contributed by atoms with Crippen molar-refractivity contribution in [1.29, 1.82) is 0 Å². The van der Waals surface area contributed by atoms with E-state index < -0.39 is 37.7 Å². The van der Waals surface area contributed by atoms with Crippen LogP contribution in [0.1, 0.15) is 31.4 Å². The molecule has 0 aliphatic carbocycles. The van der Waals surface area contributed by atoms with Gasteiger partial charge < -0.3 is 18.5 Å². The van der Waals surface area contributed by atoms with Crippen molar-refractivity contribution in [2.24, 2.45) is 5.92 Å². The Morgan fingerprint density at radius 2 is 1.30 bits per heavy atom. The molecular formula is C25H33O7P. The van der Waals surface area contributed by atoms with Crippen LogP contribution >= 0.6 is 7.60 Å². The van der Waals surface area contributed by atoms with E-state index in [1.807, 2.05) is 60.7 Å². The minimum Gasteiger partial charge on any atom is -0.370 e. The molecule has 0 spiro atoms. The Hall–Kier alpha value is -2.15. The Morgan fingerprint density at radius 3 is 1.76 bits per heavy atom. The van der Waals surface area contributed by atoms with Gasteiger partial charge in [-0.1, -0.05) is 74.5 Å². The summed E-state index contributed by atoms with van der Waals surface area (Å²) in [5, 5.41) is 0. The summed E-state index contributed by atoms with van der Waals surface area (Å²) in [4.78, 5) is 25.9. The molecule has 0 saturated heterocycles. The summed E-state index contributed by atoms with van der Waals surface area (Å²) in [6.45, 7) is 3.80. The lowest BCUT2D eigenvalue weighted by Gasteiger charge is -2.31. The van der Waals surface area contributed by atoms with Gasteiger partial charge >= 0.3 is 7.60 Å². The molecule has 0 bridgehead atoms. The van der Waals surface area contributed by atoms with Crippen LogP contribution in [0, 0.1) is 5.92 Å². The molecule has 0 aromatic heterocycles. The molecule has 180 valence electrons. The van der Waals surface area contributed by atoms with E-state index in [1.54, 1.807) is 13.8 Å². The van der Waals surface area contributed by atoms with Crippen molar-refractivity contribution in [3.05, 3.63) is 71.8 Å². The van der Waals surface area contributed by atoms with Gasteiger partial charge in [-0.05, 0) is 11.1 Å². The van der Waals surface area contributed by atoms with Crippen molar-refractivity contribution < 1.29 is 32.7 Å². The summed E-state index contributed by atoms with van der Waals surface area (Å²) in [7, 11) is -1.18. The highest BCUT2D eigenvalue weighted by atomic mass is 31.2. The number of ketones is 2. The van der Waals surface area contributed by atoms with E-state index in [9.17, 15) is 14.2 Å². The zero-order valence-electron chi connectivity index (χ0n) is 19.6. The molecule has 2 aromatic carbocycles. The highest BCUT2D eigenvalue weighted by molar-refractivity contribution is 7.54. The van der Waals surface area contributed by atoms with Crippen molar-refractivity contribution in [2.45, 2.75) is 45.7 Å². The first kappa shape index (κ1) is 27.1. The van der Waals surface area contributed by atoms with E-state index in [-0.39, 0.29) is 19.0 Å². The lowest BCUT2D eigenvalue weighted by Crippen LogP contribution is -2.45. The maximum atomic E-state index is 13.3. The summed E-state index contributed by atoms with van der Waals surface area (Å²) in [5.41, 5.74) is 1.75. The van der Waals surface area contributed by atoms with Crippen LogP contribution in [0.5, 0.6) is 0 Å². The van der Waals surface area contributed by atoms with Crippen molar-refractivity contribution >= 4 is 19.2 Å². The first-order valence-corrected chi connectivity index (χ1v) is 12.6. The van der Waals surface area contributed by atoms with Gasteiger partial charge in [-0.15, -0.1) is 0 Å². The van der Waals surface area contributed by atoms with Gasteiger partial charge in [-0.25, -0.2) is 0 Å². The summed E-state index contributed by atoms with van der Waals surface area (Å²) in [6.07, 6.45) is -2.22. The van der Waals surface area contributed by atoms with Gasteiger partial charge in [0.15, 0.2) is 5.78 Å². The summed E-state index contributed by atoms with van der Waals surface area (Å²) >= 11 is 0. The molecule has 0 unspecified atom stereocenters. The van der Waals surface area contributed by atoms with Crippen LogP contribution in [0.2, 0.25) is 0 Å². The Bertz CT molecular complexity index is 909. The molecule has 2 aromatic rings. The van der Waals surface area contributed by atoms with E-state index >= 15 is 0 Å². The summed E-state index contributed by atoms with van der Waals surface area (Å²) in [6, 6.07) is 18.8. The Balaban J connectivity index is 2.34. The van der Waals surface area contributed by atoms with Gasteiger partial charge in [0.05, 0.1) is 13.2 Å². The number of hydrogen-bond acceptors (Lipinski definition) is 7. The van der Waals surface area contributed by atoms with Gasteiger partial charge in [-0.3, -0.25) is 14.2 Å². The molecule has 0 radical (unpaired) electrons. The summed E-state index contributed by atoms with van der Waals surface area (Å²) in [5.74, 6) is -1.18. The van der Waals surface area contributed by atoms with Gasteiger partial charge in [-0.2, -0.15) is 0 Å². The Labute approximate surface area is 195 Å². The van der Waals surface area contributed by atoms with Gasteiger partial charge in [0, 0.05) is 26.6 Å². The predicted molar refractivity (Wildman–Crippen MR) is 126 cm³/mol. The third kappa shape index (κ3) is 8.29. The van der Waals surface area contributed by atoms with Crippen LogP contribution in [-0.2, 0) is 45.9 Å². The zero-order chi connectivity index (χ0) is 24.3. The first-order chi connectivity index (χ1) is 15.8. The highest BCUT2D eigenvalue weighted by Crippen LogP contribution is 2.46. The second-order valence-electron chi connectivity index (χ2n) is 7.69. The summed E-state index contributed by atoms with van der Waals surface area (Å²) < 4.78 is 34.7. The molecule has 3 atom stereocenters. The number of ether oxygens (including phenoxy) is 2. The van der Waals surface area contributed by atoms with E-state index in [2.05, 4.69) is 0 Å². The number of benzene rings is 2. The quantitative estimate of drug-likeness (QED) is 0.340. The van der Waals surface area contributed by atoms with Crippen molar-refractivity contribution in [1.82, 2.24) is 0 Å². The topological polar surface area (TPSA) is 88.1 Å². The molecule has 8 heteroatoms. The fraction of sp³-hybridized carbons (Fsp3) is 0.440. The molecule has 0 heterocycles. The van der Waals surface area contributed by atoms with Crippen LogP contribution in [0.25, 0.3) is 0 Å². The average molecular weight is 477 g/mol. The third-order valence-electron chi connectivity index (χ3n) is 5.43. The Morgan fingerprint density at radius 1 is 0.818 bits per heavy atom. The fourth-order valence-corrected chi connectivity index (χ4v) is 4.35. The largest absolute Gasteiger partial charge is 0.370 e. The van der Waals surface area contributed by atoms with Gasteiger partial charge in [0.1, 0.15) is 24.2 Å². The number of Topliss-reactive ketones (excluding diaryl/α,β-unsaturated/α-hetero) is 2. The second kappa shape index (κ2) is 13.5. The van der Waals surface area contributed by atoms with Crippen LogP contribution in [0.15, 0.2) is 60.7 Å². The van der Waals surface area contributed by atoms with Gasteiger partial charge in [0.25, 0.3) is 0 Å². The van der Waals surface area contributed by atoms with Crippen molar-refractivity contribution in [2.75, 3.05) is 20.4 Å². The van der Waals surface area contributed by atoms with Crippen LogP contribution in [0.3, 0.4) is 0 Å². The SMILES string of the molecule is CCC(=O)[C@@H](C)[C@H](OCc1ccccc1)[C@@H](OCc1ccccc1)C(=O)CP(=O)(OC)OC. The van der Waals surface area contributed by atoms with E-state index in [0.29, 0.717) is 6.42 Å². The molecule has 0 aliphatic rings. The van der Waals surface area contributed by atoms with Crippen LogP contribution < -0.4 is 0 Å². The number of carbonyl (C=O) groups excluding carboxylic acids is 2. The fourth-order valence-electron chi connectivity index (χ4n) is 3.38. The average Bonchev–Trinajstić information content (AvgIpc) is 2.86. The molecular weight excluding hydrogens is 443 g/mol. The molecule has 33 heavy (non-hydrogen) atoms.